The zero-order valence-electron chi connectivity index (χ0n) is 22.7. The second-order valence-corrected chi connectivity index (χ2v) is 11.8. The molecular formula is C28H44N4O2. The first-order chi connectivity index (χ1) is 15.7. The summed E-state index contributed by atoms with van der Waals surface area (Å²) in [6.07, 6.45) is 2.23. The molecule has 6 heteroatoms. The lowest BCUT2D eigenvalue weighted by molar-refractivity contribution is -0.135. The maximum atomic E-state index is 13.1. The molecule has 2 amide bonds. The average Bonchev–Trinajstić information content (AvgIpc) is 3.10. The maximum absolute atomic E-state index is 13.1. The Hall–Kier alpha value is -2.63. The average molecular weight is 469 g/mol. The first-order valence-corrected chi connectivity index (χ1v) is 12.4. The molecule has 188 valence electrons. The Labute approximate surface area is 206 Å². The number of nitrogens with one attached hydrogen (secondary N) is 1. The Kier molecular flexibility index (Phi) is 9.09. The monoisotopic (exact) mass is 468 g/mol. The van der Waals surface area contributed by atoms with Crippen LogP contribution in [0.2, 0.25) is 0 Å². The number of nitrogens with zero attached hydrogens (tertiary/aromatic N) is 3. The van der Waals surface area contributed by atoms with Crippen molar-refractivity contribution in [3.63, 3.8) is 0 Å². The minimum atomic E-state index is -0.209. The summed E-state index contributed by atoms with van der Waals surface area (Å²) in [7, 11) is 0. The third kappa shape index (κ3) is 8.30. The lowest BCUT2D eigenvalue weighted by Gasteiger charge is -2.26. The topological polar surface area (TPSA) is 67.2 Å². The molecule has 0 saturated carbocycles. The fourth-order valence-corrected chi connectivity index (χ4v) is 4.18. The van der Waals surface area contributed by atoms with Gasteiger partial charge in [0.1, 0.15) is 5.82 Å². The molecule has 1 aromatic heterocycles. The molecule has 0 bridgehead atoms. The normalized spacial score (nSPS) is 13.0. The molecule has 0 aliphatic heterocycles. The number of amides is 2. The van der Waals surface area contributed by atoms with Crippen LogP contribution in [0.15, 0.2) is 30.3 Å². The molecule has 1 heterocycles. The Bertz CT molecular complexity index is 962. The van der Waals surface area contributed by atoms with Crippen molar-refractivity contribution in [3.8, 4) is 5.69 Å². The van der Waals surface area contributed by atoms with Crippen molar-refractivity contribution in [1.82, 2.24) is 14.7 Å². The highest BCUT2D eigenvalue weighted by Gasteiger charge is 2.24. The van der Waals surface area contributed by atoms with Crippen molar-refractivity contribution < 1.29 is 9.59 Å². The van der Waals surface area contributed by atoms with Gasteiger partial charge >= 0.3 is 0 Å². The van der Waals surface area contributed by atoms with Gasteiger partial charge in [0.25, 0.3) is 0 Å². The van der Waals surface area contributed by atoms with Gasteiger partial charge in [0, 0.05) is 24.4 Å². The molecule has 0 saturated heterocycles. The van der Waals surface area contributed by atoms with Crippen LogP contribution in [0.5, 0.6) is 0 Å². The predicted molar refractivity (Wildman–Crippen MR) is 140 cm³/mol. The first-order valence-electron chi connectivity index (χ1n) is 12.4. The Morgan fingerprint density at radius 3 is 2.24 bits per heavy atom. The molecule has 1 aromatic carbocycles. The van der Waals surface area contributed by atoms with Gasteiger partial charge in [0.15, 0.2) is 0 Å². The van der Waals surface area contributed by atoms with Crippen LogP contribution in [0.4, 0.5) is 5.82 Å². The predicted octanol–water partition coefficient (Wildman–Crippen LogP) is 6.12. The summed E-state index contributed by atoms with van der Waals surface area (Å²) in [5.41, 5.74) is 2.94. The molecule has 0 fully saturated rings. The van der Waals surface area contributed by atoms with Crippen LogP contribution in [-0.2, 0) is 15.0 Å². The van der Waals surface area contributed by atoms with E-state index < -0.39 is 0 Å². The van der Waals surface area contributed by atoms with E-state index in [1.165, 1.54) is 0 Å². The van der Waals surface area contributed by atoms with Gasteiger partial charge in [-0.1, -0.05) is 73.1 Å². The van der Waals surface area contributed by atoms with Crippen LogP contribution < -0.4 is 5.32 Å². The van der Waals surface area contributed by atoms with Crippen LogP contribution in [0.3, 0.4) is 0 Å². The third-order valence-electron chi connectivity index (χ3n) is 5.69. The van der Waals surface area contributed by atoms with E-state index in [2.05, 4.69) is 53.8 Å². The molecule has 6 nitrogen and oxygen atoms in total. The van der Waals surface area contributed by atoms with Crippen molar-refractivity contribution in [3.05, 3.63) is 41.6 Å². The molecule has 0 spiro atoms. The van der Waals surface area contributed by atoms with E-state index in [9.17, 15) is 9.59 Å². The Morgan fingerprint density at radius 1 is 1.09 bits per heavy atom. The molecule has 0 aliphatic carbocycles. The van der Waals surface area contributed by atoms with Crippen LogP contribution >= 0.6 is 0 Å². The van der Waals surface area contributed by atoms with Crippen molar-refractivity contribution in [2.24, 2.45) is 11.3 Å². The van der Waals surface area contributed by atoms with Crippen molar-refractivity contribution >= 4 is 17.6 Å². The van der Waals surface area contributed by atoms with Crippen molar-refractivity contribution in [2.75, 3.05) is 18.4 Å². The fourth-order valence-electron chi connectivity index (χ4n) is 4.18. The third-order valence-corrected chi connectivity index (χ3v) is 5.69. The second kappa shape index (κ2) is 11.2. The van der Waals surface area contributed by atoms with Gasteiger partial charge in [-0.2, -0.15) is 5.10 Å². The Morgan fingerprint density at radius 2 is 1.71 bits per heavy atom. The van der Waals surface area contributed by atoms with E-state index >= 15 is 0 Å². The number of aryl methyl sites for hydroxylation is 1. The summed E-state index contributed by atoms with van der Waals surface area (Å²) in [6.45, 7) is 19.6. The van der Waals surface area contributed by atoms with Gasteiger partial charge in [-0.05, 0) is 43.2 Å². The summed E-state index contributed by atoms with van der Waals surface area (Å²) in [5.74, 6) is 0.714. The minimum absolute atomic E-state index is 0.0381. The summed E-state index contributed by atoms with van der Waals surface area (Å²) < 4.78 is 1.77. The van der Waals surface area contributed by atoms with E-state index in [0.717, 1.165) is 29.8 Å². The van der Waals surface area contributed by atoms with E-state index in [1.54, 1.807) is 9.58 Å². The number of carbonyl (C=O) groups excluding carboxylic acids is 2. The molecular weight excluding hydrogens is 424 g/mol. The molecule has 0 radical (unpaired) electrons. The highest BCUT2D eigenvalue weighted by Crippen LogP contribution is 2.27. The van der Waals surface area contributed by atoms with Gasteiger partial charge in [-0.15, -0.1) is 0 Å². The van der Waals surface area contributed by atoms with Crippen LogP contribution in [0.1, 0.15) is 85.9 Å². The standard InChI is InChI=1S/C28H44N4O2/c1-10-15-31(26(34)16-21(3)18-27(4,5)6)19-25(33)29-24-17-23(28(7,8)9)30-32(24)22-13-11-20(2)12-14-22/h11-14,17,21H,10,15-16,18-19H2,1-9H3,(H,29,33). The number of anilines is 1. The molecule has 1 N–H and O–H groups in total. The maximum Gasteiger partial charge on any atom is 0.245 e. The molecule has 2 rings (SSSR count). The smallest absolute Gasteiger partial charge is 0.245 e. The van der Waals surface area contributed by atoms with E-state index in [1.807, 2.05) is 44.2 Å². The van der Waals surface area contributed by atoms with E-state index in [4.69, 9.17) is 5.10 Å². The number of carbonyl (C=O) groups is 2. The number of hydrogen-bond donors (Lipinski definition) is 1. The quantitative estimate of drug-likeness (QED) is 0.482. The van der Waals surface area contributed by atoms with E-state index in [0.29, 0.717) is 18.8 Å². The number of hydrogen-bond acceptors (Lipinski definition) is 3. The van der Waals surface area contributed by atoms with Gasteiger partial charge < -0.3 is 10.2 Å². The minimum Gasteiger partial charge on any atom is -0.333 e. The highest BCUT2D eigenvalue weighted by molar-refractivity contribution is 5.94. The molecule has 34 heavy (non-hydrogen) atoms. The summed E-state index contributed by atoms with van der Waals surface area (Å²) in [6, 6.07) is 9.97. The zero-order valence-corrected chi connectivity index (χ0v) is 22.7. The largest absolute Gasteiger partial charge is 0.333 e. The Balaban J connectivity index is 2.19. The molecule has 1 unspecified atom stereocenters. The SMILES string of the molecule is CCCN(CC(=O)Nc1cc(C(C)(C)C)nn1-c1ccc(C)cc1)C(=O)CC(C)CC(C)(C)C. The zero-order chi connectivity index (χ0) is 25.7. The highest BCUT2D eigenvalue weighted by atomic mass is 16.2. The summed E-state index contributed by atoms with van der Waals surface area (Å²) >= 11 is 0. The molecule has 1 atom stereocenters. The fraction of sp³-hybridized carbons (Fsp3) is 0.607. The number of rotatable bonds is 9. The van der Waals surface area contributed by atoms with Gasteiger partial charge in [-0.25, -0.2) is 4.68 Å². The number of benzene rings is 1. The van der Waals surface area contributed by atoms with Crippen LogP contribution in [0.25, 0.3) is 5.69 Å². The summed E-state index contributed by atoms with van der Waals surface area (Å²) in [4.78, 5) is 27.8. The second-order valence-electron chi connectivity index (χ2n) is 11.8. The van der Waals surface area contributed by atoms with Gasteiger partial charge in [0.05, 0.1) is 17.9 Å². The lowest BCUT2D eigenvalue weighted by atomic mass is 9.84. The van der Waals surface area contributed by atoms with Gasteiger partial charge in [-0.3, -0.25) is 9.59 Å². The lowest BCUT2D eigenvalue weighted by Crippen LogP contribution is -2.39. The number of aromatic nitrogens is 2. The van der Waals surface area contributed by atoms with Crippen molar-refractivity contribution in [1.29, 1.82) is 0 Å². The summed E-state index contributed by atoms with van der Waals surface area (Å²) in [5, 5.41) is 7.80. The van der Waals surface area contributed by atoms with Gasteiger partial charge in [0.2, 0.25) is 11.8 Å². The van der Waals surface area contributed by atoms with Crippen LogP contribution in [-0.4, -0.2) is 39.6 Å². The molecule has 0 aliphatic rings. The van der Waals surface area contributed by atoms with Crippen molar-refractivity contribution in [2.45, 2.75) is 87.0 Å². The molecule has 2 aromatic rings. The van der Waals surface area contributed by atoms with Crippen LogP contribution in [0, 0.1) is 18.3 Å². The first kappa shape index (κ1) is 27.6. The van der Waals surface area contributed by atoms with E-state index in [-0.39, 0.29) is 35.1 Å².